The maximum Gasteiger partial charge on any atom is 0.227 e. The van der Waals surface area contributed by atoms with Gasteiger partial charge in [0, 0.05) is 23.6 Å². The Hall–Kier alpha value is -1.79. The van der Waals surface area contributed by atoms with Crippen molar-refractivity contribution in [3.05, 3.63) is 18.2 Å². The van der Waals surface area contributed by atoms with Crippen LogP contribution in [-0.2, 0) is 9.59 Å². The van der Waals surface area contributed by atoms with Crippen molar-refractivity contribution in [1.29, 1.82) is 0 Å². The molecule has 2 fully saturated rings. The van der Waals surface area contributed by atoms with Crippen molar-refractivity contribution in [2.45, 2.75) is 57.4 Å². The van der Waals surface area contributed by atoms with Crippen molar-refractivity contribution >= 4 is 35.6 Å². The molecule has 2 unspecified atom stereocenters. The lowest BCUT2D eigenvalue weighted by Gasteiger charge is -2.21. The molecular weight excluding hydrogens is 366 g/mol. The molecule has 0 aliphatic heterocycles. The van der Waals surface area contributed by atoms with E-state index in [4.69, 9.17) is 10.5 Å². The van der Waals surface area contributed by atoms with Crippen molar-refractivity contribution in [3.8, 4) is 5.75 Å². The molecule has 4 N–H and O–H groups in total. The van der Waals surface area contributed by atoms with Crippen LogP contribution >= 0.6 is 12.4 Å². The zero-order chi connectivity index (χ0) is 18.5. The first-order valence-electron chi connectivity index (χ1n) is 9.62. The van der Waals surface area contributed by atoms with E-state index < -0.39 is 0 Å². The first kappa shape index (κ1) is 21.5. The van der Waals surface area contributed by atoms with E-state index in [9.17, 15) is 9.59 Å². The second-order valence-electron chi connectivity index (χ2n) is 7.50. The number of rotatable bonds is 5. The largest absolute Gasteiger partial charge is 0.495 e. The van der Waals surface area contributed by atoms with Crippen LogP contribution in [0.15, 0.2) is 18.2 Å². The van der Waals surface area contributed by atoms with Gasteiger partial charge in [0.15, 0.2) is 0 Å². The monoisotopic (exact) mass is 395 g/mol. The molecule has 2 aliphatic rings. The second kappa shape index (κ2) is 9.95. The highest BCUT2D eigenvalue weighted by Crippen LogP contribution is 2.31. The van der Waals surface area contributed by atoms with Gasteiger partial charge < -0.3 is 21.1 Å². The minimum Gasteiger partial charge on any atom is -0.495 e. The van der Waals surface area contributed by atoms with E-state index >= 15 is 0 Å². The number of nitrogens with one attached hydrogen (secondary N) is 2. The van der Waals surface area contributed by atoms with Crippen molar-refractivity contribution in [2.24, 2.45) is 17.6 Å². The summed E-state index contributed by atoms with van der Waals surface area (Å²) in [6, 6.07) is 5.45. The fourth-order valence-corrected chi connectivity index (χ4v) is 3.98. The maximum absolute atomic E-state index is 12.5. The molecule has 150 valence electrons. The molecule has 7 heteroatoms. The van der Waals surface area contributed by atoms with Crippen molar-refractivity contribution in [1.82, 2.24) is 0 Å². The molecule has 1 aromatic rings. The summed E-state index contributed by atoms with van der Waals surface area (Å²) in [5, 5.41) is 5.93. The van der Waals surface area contributed by atoms with Gasteiger partial charge >= 0.3 is 0 Å². The summed E-state index contributed by atoms with van der Waals surface area (Å²) in [4.78, 5) is 25.0. The van der Waals surface area contributed by atoms with E-state index in [0.29, 0.717) is 17.1 Å². The van der Waals surface area contributed by atoms with Crippen LogP contribution in [-0.4, -0.2) is 25.0 Å². The molecule has 2 saturated carbocycles. The maximum atomic E-state index is 12.5. The third-order valence-corrected chi connectivity index (χ3v) is 5.54. The van der Waals surface area contributed by atoms with E-state index in [1.54, 1.807) is 25.3 Å². The Kier molecular flexibility index (Phi) is 7.92. The number of hydrogen-bond donors (Lipinski definition) is 3. The van der Waals surface area contributed by atoms with E-state index in [1.165, 1.54) is 6.42 Å². The van der Waals surface area contributed by atoms with E-state index in [1.807, 2.05) is 0 Å². The molecule has 27 heavy (non-hydrogen) atoms. The first-order valence-corrected chi connectivity index (χ1v) is 9.62. The van der Waals surface area contributed by atoms with Crippen LogP contribution in [0.25, 0.3) is 0 Å². The number of benzene rings is 1. The fourth-order valence-electron chi connectivity index (χ4n) is 3.98. The molecular formula is C20H30ClN3O3. The number of ether oxygens (including phenoxy) is 1. The number of halogens is 1. The predicted octanol–water partition coefficient (Wildman–Crippen LogP) is 3.70. The van der Waals surface area contributed by atoms with Gasteiger partial charge in [-0.3, -0.25) is 9.59 Å². The van der Waals surface area contributed by atoms with Crippen molar-refractivity contribution < 1.29 is 14.3 Å². The van der Waals surface area contributed by atoms with Crippen LogP contribution in [0.5, 0.6) is 5.75 Å². The molecule has 0 aromatic heterocycles. The van der Waals surface area contributed by atoms with Gasteiger partial charge in [-0.1, -0.05) is 19.3 Å². The van der Waals surface area contributed by atoms with Gasteiger partial charge in [-0.15, -0.1) is 12.4 Å². The number of hydrogen-bond acceptors (Lipinski definition) is 4. The lowest BCUT2D eigenvalue weighted by molar-refractivity contribution is -0.121. The van der Waals surface area contributed by atoms with Gasteiger partial charge in [-0.25, -0.2) is 0 Å². The molecule has 1 aromatic carbocycles. The van der Waals surface area contributed by atoms with Crippen molar-refractivity contribution in [2.75, 3.05) is 17.7 Å². The Morgan fingerprint density at radius 3 is 2.33 bits per heavy atom. The lowest BCUT2D eigenvalue weighted by atomic mass is 9.88. The van der Waals surface area contributed by atoms with Gasteiger partial charge in [0.1, 0.15) is 5.75 Å². The molecule has 0 spiro atoms. The number of carbonyl (C=O) groups is 2. The van der Waals surface area contributed by atoms with Crippen LogP contribution < -0.4 is 21.1 Å². The number of amides is 2. The highest BCUT2D eigenvalue weighted by atomic mass is 35.5. The average molecular weight is 396 g/mol. The summed E-state index contributed by atoms with van der Waals surface area (Å²) >= 11 is 0. The van der Waals surface area contributed by atoms with Gasteiger partial charge in [-0.2, -0.15) is 0 Å². The molecule has 2 aliphatic carbocycles. The Bertz CT molecular complexity index is 662. The first-order chi connectivity index (χ1) is 12.6. The molecule has 0 heterocycles. The molecule has 0 radical (unpaired) electrons. The zero-order valence-electron chi connectivity index (χ0n) is 15.8. The molecule has 2 atom stereocenters. The summed E-state index contributed by atoms with van der Waals surface area (Å²) in [5.41, 5.74) is 7.16. The van der Waals surface area contributed by atoms with Gasteiger partial charge in [0.05, 0.1) is 12.8 Å². The minimum absolute atomic E-state index is 0. The molecule has 2 amide bonds. The number of nitrogens with two attached hydrogens (primary N) is 1. The standard InChI is InChI=1S/C20H29N3O3.ClH/c1-26-18-10-9-16(22-20(25)14-7-8-15(21)11-14)12-17(18)23-19(24)13-5-3-2-4-6-13;/h9-10,12-15H,2-8,11,21H2,1H3,(H,22,25)(H,23,24);1H. The summed E-state index contributed by atoms with van der Waals surface area (Å²) < 4.78 is 5.36. The van der Waals surface area contributed by atoms with Crippen molar-refractivity contribution in [3.63, 3.8) is 0 Å². The van der Waals surface area contributed by atoms with Crippen LogP contribution in [0.4, 0.5) is 11.4 Å². The number of carbonyl (C=O) groups excluding carboxylic acids is 2. The molecule has 6 nitrogen and oxygen atoms in total. The summed E-state index contributed by atoms with van der Waals surface area (Å²) in [6.07, 6.45) is 7.74. The summed E-state index contributed by atoms with van der Waals surface area (Å²) in [7, 11) is 1.57. The Balaban J connectivity index is 0.00000261. The van der Waals surface area contributed by atoms with Crippen LogP contribution in [0.1, 0.15) is 51.4 Å². The predicted molar refractivity (Wildman–Crippen MR) is 109 cm³/mol. The Morgan fingerprint density at radius 1 is 1.00 bits per heavy atom. The van der Waals surface area contributed by atoms with Crippen LogP contribution in [0.2, 0.25) is 0 Å². The third kappa shape index (κ3) is 5.59. The number of methoxy groups -OCH3 is 1. The number of anilines is 2. The third-order valence-electron chi connectivity index (χ3n) is 5.54. The van der Waals surface area contributed by atoms with Crippen LogP contribution in [0, 0.1) is 11.8 Å². The second-order valence-corrected chi connectivity index (χ2v) is 7.50. The van der Waals surface area contributed by atoms with E-state index in [-0.39, 0.29) is 42.1 Å². The van der Waals surface area contributed by atoms with E-state index in [0.717, 1.165) is 44.9 Å². The highest BCUT2D eigenvalue weighted by Gasteiger charge is 2.28. The SMILES string of the molecule is COc1ccc(NC(=O)C2CCC(N)C2)cc1NC(=O)C1CCCCC1.Cl. The smallest absolute Gasteiger partial charge is 0.227 e. The van der Waals surface area contributed by atoms with Gasteiger partial charge in [0.25, 0.3) is 0 Å². The molecule has 0 saturated heterocycles. The average Bonchev–Trinajstić information content (AvgIpc) is 3.09. The topological polar surface area (TPSA) is 93.4 Å². The molecule has 3 rings (SSSR count). The van der Waals surface area contributed by atoms with E-state index in [2.05, 4.69) is 10.6 Å². The summed E-state index contributed by atoms with van der Waals surface area (Å²) in [5.74, 6) is 0.648. The fraction of sp³-hybridized carbons (Fsp3) is 0.600. The Morgan fingerprint density at radius 2 is 1.70 bits per heavy atom. The Labute approximate surface area is 167 Å². The molecule has 0 bridgehead atoms. The minimum atomic E-state index is -0.0348. The highest BCUT2D eigenvalue weighted by molar-refractivity contribution is 5.97. The zero-order valence-corrected chi connectivity index (χ0v) is 16.6. The quantitative estimate of drug-likeness (QED) is 0.708. The summed E-state index contributed by atoms with van der Waals surface area (Å²) in [6.45, 7) is 0. The van der Waals surface area contributed by atoms with Crippen LogP contribution in [0.3, 0.4) is 0 Å². The normalized spacial score (nSPS) is 22.6. The van der Waals surface area contributed by atoms with Gasteiger partial charge in [0.2, 0.25) is 11.8 Å². The van der Waals surface area contributed by atoms with Gasteiger partial charge in [-0.05, 0) is 50.3 Å². The lowest BCUT2D eigenvalue weighted by Crippen LogP contribution is -2.25.